The van der Waals surface area contributed by atoms with Crippen LogP contribution in [0.2, 0.25) is 0 Å². The van der Waals surface area contributed by atoms with Crippen molar-refractivity contribution >= 4 is 12.1 Å². The van der Waals surface area contributed by atoms with Crippen molar-refractivity contribution in [3.63, 3.8) is 0 Å². The van der Waals surface area contributed by atoms with Gasteiger partial charge < -0.3 is 30.3 Å². The Balaban J connectivity index is 2.06. The number of nitrogens with zero attached hydrogens (tertiary/aromatic N) is 2. The zero-order valence-corrected chi connectivity index (χ0v) is 14.1. The lowest BCUT2D eigenvalue weighted by molar-refractivity contribution is 0.0247. The topological polar surface area (TPSA) is 94.1 Å². The van der Waals surface area contributed by atoms with Gasteiger partial charge in [-0.1, -0.05) is 6.07 Å². The molecule has 130 valence electrons. The number of hydrogen-bond acceptors (Lipinski definition) is 4. The van der Waals surface area contributed by atoms with Crippen molar-refractivity contribution in [2.75, 3.05) is 21.2 Å². The van der Waals surface area contributed by atoms with Crippen LogP contribution in [-0.4, -0.2) is 60.4 Å². The molecule has 3 N–H and O–H groups in total. The third-order valence-electron chi connectivity index (χ3n) is 4.95. The number of phenolic OH excluding ortho intramolecular Hbond substituents is 1. The largest absolute Gasteiger partial charge is 0.504 e. The summed E-state index contributed by atoms with van der Waals surface area (Å²) in [5.74, 6) is 0.330. The van der Waals surface area contributed by atoms with Crippen LogP contribution in [0.4, 0.5) is 9.59 Å². The summed E-state index contributed by atoms with van der Waals surface area (Å²) in [7, 11) is 4.87. The Morgan fingerprint density at radius 1 is 1.12 bits per heavy atom. The number of hydrogen-bond donors (Lipinski definition) is 3. The zero-order valence-electron chi connectivity index (χ0n) is 14.1. The molecule has 4 atom stereocenters. The van der Waals surface area contributed by atoms with E-state index in [1.54, 1.807) is 37.2 Å². The number of phenols is 1. The summed E-state index contributed by atoms with van der Waals surface area (Å²) in [4.78, 5) is 27.6. The number of aromatic hydroxyl groups is 1. The first-order valence-corrected chi connectivity index (χ1v) is 7.78. The molecule has 0 bridgehead atoms. The number of fused-ring (bicyclic) bond motifs is 1. The number of urea groups is 2. The van der Waals surface area contributed by atoms with E-state index >= 15 is 0 Å². The van der Waals surface area contributed by atoms with E-state index in [4.69, 9.17) is 4.74 Å². The van der Waals surface area contributed by atoms with Crippen LogP contribution < -0.4 is 15.4 Å². The maximum atomic E-state index is 12.4. The van der Waals surface area contributed by atoms with E-state index in [0.717, 1.165) is 5.56 Å². The standard InChI is InChI=1S/C16H22N4O4/c1-8-12-13(9-5-6-10(21)11(7-9)24-4)19(2)16(23)18-14(12)20(3)15(22)17-8/h5-8,12-14,21H,1-4H3,(H,17,22)(H,18,23)/t8-,12-,13+,14-/m0/s1. The van der Waals surface area contributed by atoms with Gasteiger partial charge in [0.1, 0.15) is 6.17 Å². The molecule has 2 aliphatic heterocycles. The molecule has 2 fully saturated rings. The monoisotopic (exact) mass is 334 g/mol. The Labute approximate surface area is 140 Å². The average Bonchev–Trinajstić information content (AvgIpc) is 2.55. The minimum Gasteiger partial charge on any atom is -0.504 e. The highest BCUT2D eigenvalue weighted by Gasteiger charge is 2.49. The SMILES string of the molecule is COc1cc([C@@H]2[C@@H]3[C@H](C)NC(=O)N(C)[C@@H]3NC(=O)N2C)ccc1O. The van der Waals surface area contributed by atoms with Crippen molar-refractivity contribution in [3.05, 3.63) is 23.8 Å². The molecule has 0 radical (unpaired) electrons. The number of methoxy groups -OCH3 is 1. The van der Waals surface area contributed by atoms with E-state index in [1.807, 2.05) is 6.92 Å². The van der Waals surface area contributed by atoms with Crippen LogP contribution in [0.1, 0.15) is 18.5 Å². The van der Waals surface area contributed by atoms with Gasteiger partial charge in [0.15, 0.2) is 11.5 Å². The lowest BCUT2D eigenvalue weighted by atomic mass is 9.81. The van der Waals surface area contributed by atoms with E-state index in [1.165, 1.54) is 12.0 Å². The molecule has 2 aliphatic rings. The van der Waals surface area contributed by atoms with E-state index in [9.17, 15) is 14.7 Å². The van der Waals surface area contributed by atoms with Crippen molar-refractivity contribution in [1.29, 1.82) is 0 Å². The lowest BCUT2D eigenvalue weighted by Gasteiger charge is -2.52. The number of ether oxygens (including phenoxy) is 1. The number of nitrogens with one attached hydrogen (secondary N) is 2. The second-order valence-electron chi connectivity index (χ2n) is 6.31. The molecule has 1 aromatic carbocycles. The van der Waals surface area contributed by atoms with E-state index in [-0.39, 0.29) is 35.8 Å². The van der Waals surface area contributed by atoms with Gasteiger partial charge in [0.25, 0.3) is 0 Å². The van der Waals surface area contributed by atoms with Crippen LogP contribution in [0.5, 0.6) is 11.5 Å². The van der Waals surface area contributed by atoms with Gasteiger partial charge in [-0.3, -0.25) is 0 Å². The molecule has 0 aromatic heterocycles. The van der Waals surface area contributed by atoms with Gasteiger partial charge >= 0.3 is 12.1 Å². The molecule has 0 unspecified atom stereocenters. The Morgan fingerprint density at radius 2 is 1.79 bits per heavy atom. The van der Waals surface area contributed by atoms with Crippen LogP contribution in [-0.2, 0) is 0 Å². The predicted molar refractivity (Wildman–Crippen MR) is 86.7 cm³/mol. The lowest BCUT2D eigenvalue weighted by Crippen LogP contribution is -2.71. The van der Waals surface area contributed by atoms with Gasteiger partial charge in [0, 0.05) is 26.1 Å². The molecule has 2 heterocycles. The zero-order chi connectivity index (χ0) is 17.6. The van der Waals surface area contributed by atoms with Gasteiger partial charge in [-0.05, 0) is 24.6 Å². The summed E-state index contributed by atoms with van der Waals surface area (Å²) in [6, 6.07) is 4.20. The summed E-state index contributed by atoms with van der Waals surface area (Å²) in [6.45, 7) is 1.93. The van der Waals surface area contributed by atoms with Crippen molar-refractivity contribution in [1.82, 2.24) is 20.4 Å². The summed E-state index contributed by atoms with van der Waals surface area (Å²) >= 11 is 0. The first-order valence-electron chi connectivity index (χ1n) is 7.78. The van der Waals surface area contributed by atoms with Gasteiger partial charge in [-0.25, -0.2) is 9.59 Å². The highest BCUT2D eigenvalue weighted by atomic mass is 16.5. The molecule has 1 aromatic rings. The Morgan fingerprint density at radius 3 is 2.46 bits per heavy atom. The minimum atomic E-state index is -0.401. The highest BCUT2D eigenvalue weighted by Crippen LogP contribution is 2.40. The number of rotatable bonds is 2. The normalized spacial score (nSPS) is 29.7. The molecule has 4 amide bonds. The molecule has 0 saturated carbocycles. The summed E-state index contributed by atoms with van der Waals surface area (Å²) in [5, 5.41) is 15.7. The highest BCUT2D eigenvalue weighted by molar-refractivity contribution is 5.80. The maximum absolute atomic E-state index is 12.4. The molecule has 8 heteroatoms. The van der Waals surface area contributed by atoms with Crippen LogP contribution in [0.15, 0.2) is 18.2 Å². The minimum absolute atomic E-state index is 0.0443. The van der Waals surface area contributed by atoms with Gasteiger partial charge in [-0.15, -0.1) is 0 Å². The first-order chi connectivity index (χ1) is 11.3. The van der Waals surface area contributed by atoms with E-state index in [2.05, 4.69) is 10.6 Å². The number of amides is 4. The van der Waals surface area contributed by atoms with Gasteiger partial charge in [0.2, 0.25) is 0 Å². The molecule has 0 spiro atoms. The number of carbonyl (C=O) groups excluding carboxylic acids is 2. The van der Waals surface area contributed by atoms with Crippen LogP contribution >= 0.6 is 0 Å². The molecule has 2 saturated heterocycles. The third kappa shape index (κ3) is 2.38. The van der Waals surface area contributed by atoms with Crippen molar-refractivity contribution < 1.29 is 19.4 Å². The van der Waals surface area contributed by atoms with E-state index in [0.29, 0.717) is 5.75 Å². The summed E-state index contributed by atoms with van der Waals surface area (Å²) < 4.78 is 5.19. The van der Waals surface area contributed by atoms with Crippen molar-refractivity contribution in [2.24, 2.45) is 5.92 Å². The van der Waals surface area contributed by atoms with Gasteiger partial charge in [0.05, 0.1) is 13.2 Å². The second kappa shape index (κ2) is 5.77. The molecule has 0 aliphatic carbocycles. The summed E-state index contributed by atoms with van der Waals surface area (Å²) in [6.07, 6.45) is -0.401. The second-order valence-corrected chi connectivity index (χ2v) is 6.31. The maximum Gasteiger partial charge on any atom is 0.319 e. The molecular weight excluding hydrogens is 312 g/mol. The predicted octanol–water partition coefficient (Wildman–Crippen LogP) is 1.08. The Kier molecular flexibility index (Phi) is 3.90. The Bertz CT molecular complexity index is 680. The summed E-state index contributed by atoms with van der Waals surface area (Å²) in [5.41, 5.74) is 0.841. The quantitative estimate of drug-likeness (QED) is 0.754. The molecular formula is C16H22N4O4. The molecule has 8 nitrogen and oxygen atoms in total. The van der Waals surface area contributed by atoms with Crippen LogP contribution in [0.3, 0.4) is 0 Å². The third-order valence-corrected chi connectivity index (χ3v) is 4.95. The van der Waals surface area contributed by atoms with Gasteiger partial charge in [-0.2, -0.15) is 0 Å². The number of benzene rings is 1. The Hall–Kier alpha value is -2.64. The van der Waals surface area contributed by atoms with Crippen molar-refractivity contribution in [3.8, 4) is 11.5 Å². The fraction of sp³-hybridized carbons (Fsp3) is 0.500. The van der Waals surface area contributed by atoms with Crippen LogP contribution in [0, 0.1) is 5.92 Å². The number of carbonyl (C=O) groups is 2. The van der Waals surface area contributed by atoms with Crippen molar-refractivity contribution in [2.45, 2.75) is 25.2 Å². The van der Waals surface area contributed by atoms with E-state index < -0.39 is 6.17 Å². The van der Waals surface area contributed by atoms with Crippen LogP contribution in [0.25, 0.3) is 0 Å². The molecule has 24 heavy (non-hydrogen) atoms. The smallest absolute Gasteiger partial charge is 0.319 e. The average molecular weight is 334 g/mol. The first kappa shape index (κ1) is 16.2. The molecule has 3 rings (SSSR count). The fourth-order valence-corrected chi connectivity index (χ4v) is 3.63. The fourth-order valence-electron chi connectivity index (χ4n) is 3.63.